The van der Waals surface area contributed by atoms with Gasteiger partial charge in [-0.3, -0.25) is 14.5 Å². The SMILES string of the molecule is COC(=O)c1sc(N2CNc3ccc(OC4CCC(N5C(=O)c6ccccc6C5=O)CC4)cc32)cc1O[C@H](C)c1ccccc1Cl. The van der Waals surface area contributed by atoms with Crippen molar-refractivity contribution in [1.82, 2.24) is 4.90 Å². The van der Waals surface area contributed by atoms with Crippen LogP contribution in [0.15, 0.2) is 72.8 Å². The molecule has 1 fully saturated rings. The number of hydrogen-bond acceptors (Lipinski definition) is 9. The van der Waals surface area contributed by atoms with Gasteiger partial charge < -0.3 is 24.4 Å². The van der Waals surface area contributed by atoms with Gasteiger partial charge in [0.15, 0.2) is 4.88 Å². The van der Waals surface area contributed by atoms with E-state index in [0.717, 1.165) is 40.5 Å². The summed E-state index contributed by atoms with van der Waals surface area (Å²) in [5.74, 6) is 0.276. The molecule has 2 aliphatic heterocycles. The number of rotatable bonds is 8. The first-order valence-corrected chi connectivity index (χ1v) is 16.4. The van der Waals surface area contributed by atoms with Crippen LogP contribution in [-0.4, -0.2) is 48.6 Å². The third-order valence-electron chi connectivity index (χ3n) is 8.79. The Kier molecular flexibility index (Phi) is 8.08. The Balaban J connectivity index is 1.05. The summed E-state index contributed by atoms with van der Waals surface area (Å²) in [5.41, 5.74) is 3.66. The molecule has 3 heterocycles. The summed E-state index contributed by atoms with van der Waals surface area (Å²) in [7, 11) is 1.35. The van der Waals surface area contributed by atoms with Gasteiger partial charge in [0.25, 0.3) is 11.8 Å². The van der Waals surface area contributed by atoms with Crippen molar-refractivity contribution in [2.45, 2.75) is 50.9 Å². The highest BCUT2D eigenvalue weighted by Crippen LogP contribution is 2.46. The second-order valence-electron chi connectivity index (χ2n) is 11.6. The molecule has 3 aromatic carbocycles. The Morgan fingerprint density at radius 1 is 0.957 bits per heavy atom. The largest absolute Gasteiger partial charge is 0.490 e. The molecule has 11 heteroatoms. The molecule has 1 atom stereocenters. The number of nitrogens with zero attached hydrogens (tertiary/aromatic N) is 2. The molecular formula is C35H32ClN3O6S. The minimum absolute atomic E-state index is 0.0359. The molecule has 1 aromatic heterocycles. The minimum Gasteiger partial charge on any atom is -0.490 e. The Hall–Kier alpha value is -4.54. The van der Waals surface area contributed by atoms with Crippen molar-refractivity contribution in [2.24, 2.45) is 0 Å². The predicted molar refractivity (Wildman–Crippen MR) is 177 cm³/mol. The van der Waals surface area contributed by atoms with Gasteiger partial charge in [-0.15, -0.1) is 11.3 Å². The van der Waals surface area contributed by atoms with E-state index in [1.807, 2.05) is 55.5 Å². The lowest BCUT2D eigenvalue weighted by Crippen LogP contribution is -2.43. The molecule has 1 N–H and O–H groups in total. The van der Waals surface area contributed by atoms with Gasteiger partial charge in [-0.2, -0.15) is 0 Å². The van der Waals surface area contributed by atoms with Crippen LogP contribution in [0.25, 0.3) is 0 Å². The summed E-state index contributed by atoms with van der Waals surface area (Å²) >= 11 is 7.70. The van der Waals surface area contributed by atoms with Gasteiger partial charge in [-0.05, 0) is 62.9 Å². The first-order chi connectivity index (χ1) is 22.3. The smallest absolute Gasteiger partial charge is 0.351 e. The molecule has 0 bridgehead atoms. The summed E-state index contributed by atoms with van der Waals surface area (Å²) in [4.78, 5) is 42.6. The molecular weight excluding hydrogens is 626 g/mol. The Morgan fingerprint density at radius 3 is 2.35 bits per heavy atom. The van der Waals surface area contributed by atoms with E-state index in [9.17, 15) is 14.4 Å². The van der Waals surface area contributed by atoms with Gasteiger partial charge in [0.05, 0.1) is 42.4 Å². The van der Waals surface area contributed by atoms with Gasteiger partial charge in [-0.25, -0.2) is 4.79 Å². The van der Waals surface area contributed by atoms with E-state index in [1.165, 1.54) is 23.3 Å². The monoisotopic (exact) mass is 657 g/mol. The van der Waals surface area contributed by atoms with Crippen LogP contribution in [0, 0.1) is 0 Å². The highest BCUT2D eigenvalue weighted by molar-refractivity contribution is 7.18. The lowest BCUT2D eigenvalue weighted by Gasteiger charge is -2.33. The van der Waals surface area contributed by atoms with Crippen LogP contribution in [0.5, 0.6) is 11.5 Å². The van der Waals surface area contributed by atoms with Crippen LogP contribution < -0.4 is 19.7 Å². The van der Waals surface area contributed by atoms with E-state index in [4.69, 9.17) is 25.8 Å². The van der Waals surface area contributed by atoms with Crippen molar-refractivity contribution in [2.75, 3.05) is 24.0 Å². The number of esters is 1. The average Bonchev–Trinajstić information content (AvgIpc) is 3.75. The molecule has 7 rings (SSSR count). The van der Waals surface area contributed by atoms with Crippen LogP contribution in [0.4, 0.5) is 16.4 Å². The molecule has 0 saturated heterocycles. The van der Waals surface area contributed by atoms with Crippen molar-refractivity contribution in [3.05, 3.63) is 99.4 Å². The molecule has 0 spiro atoms. The number of benzene rings is 3. The quantitative estimate of drug-likeness (QED) is 0.151. The molecule has 0 radical (unpaired) electrons. The highest BCUT2D eigenvalue weighted by Gasteiger charge is 2.41. The number of hydrogen-bond donors (Lipinski definition) is 1. The molecule has 1 aliphatic carbocycles. The number of anilines is 3. The first kappa shape index (κ1) is 30.1. The van der Waals surface area contributed by atoms with Gasteiger partial charge in [0.2, 0.25) is 0 Å². The summed E-state index contributed by atoms with van der Waals surface area (Å²) in [5, 5.41) is 4.81. The van der Waals surface area contributed by atoms with Crippen LogP contribution in [-0.2, 0) is 4.74 Å². The van der Waals surface area contributed by atoms with E-state index in [1.54, 1.807) is 24.3 Å². The number of imide groups is 1. The predicted octanol–water partition coefficient (Wildman–Crippen LogP) is 7.84. The summed E-state index contributed by atoms with van der Waals surface area (Å²) in [6.07, 6.45) is 2.41. The molecule has 4 aromatic rings. The number of nitrogens with one attached hydrogen (secondary N) is 1. The van der Waals surface area contributed by atoms with Crippen molar-refractivity contribution in [1.29, 1.82) is 0 Å². The summed E-state index contributed by atoms with van der Waals surface area (Å²) in [6, 6.07) is 22.1. The number of halogens is 1. The van der Waals surface area contributed by atoms with Crippen molar-refractivity contribution < 1.29 is 28.6 Å². The summed E-state index contributed by atoms with van der Waals surface area (Å²) in [6.45, 7) is 2.40. The molecule has 9 nitrogen and oxygen atoms in total. The molecule has 1 saturated carbocycles. The first-order valence-electron chi connectivity index (χ1n) is 15.2. The van der Waals surface area contributed by atoms with Crippen LogP contribution in [0.3, 0.4) is 0 Å². The van der Waals surface area contributed by atoms with Gasteiger partial charge in [0.1, 0.15) is 22.6 Å². The maximum Gasteiger partial charge on any atom is 0.351 e. The molecule has 46 heavy (non-hydrogen) atoms. The van der Waals surface area contributed by atoms with Crippen LogP contribution in [0.2, 0.25) is 5.02 Å². The molecule has 2 amide bonds. The number of fused-ring (bicyclic) bond motifs is 2. The van der Waals surface area contributed by atoms with E-state index in [-0.39, 0.29) is 24.0 Å². The van der Waals surface area contributed by atoms with E-state index in [2.05, 4.69) is 10.2 Å². The van der Waals surface area contributed by atoms with E-state index in [0.29, 0.717) is 46.3 Å². The fraction of sp³-hybridized carbons (Fsp3) is 0.286. The molecule has 0 unspecified atom stereocenters. The number of carbonyl (C=O) groups is 3. The maximum atomic E-state index is 13.0. The molecule has 236 valence electrons. The maximum absolute atomic E-state index is 13.0. The van der Waals surface area contributed by atoms with Crippen LogP contribution >= 0.6 is 22.9 Å². The zero-order valence-corrected chi connectivity index (χ0v) is 26.9. The number of carbonyl (C=O) groups excluding carboxylic acids is 3. The average molecular weight is 658 g/mol. The van der Waals surface area contributed by atoms with Gasteiger partial charge >= 0.3 is 5.97 Å². The second-order valence-corrected chi connectivity index (χ2v) is 13.0. The number of thiophene rings is 1. The second kappa shape index (κ2) is 12.3. The van der Waals surface area contributed by atoms with Crippen LogP contribution in [0.1, 0.15) is 74.7 Å². The fourth-order valence-corrected chi connectivity index (χ4v) is 7.74. The molecule has 3 aliphatic rings. The topological polar surface area (TPSA) is 97.4 Å². The van der Waals surface area contributed by atoms with E-state index >= 15 is 0 Å². The number of amides is 2. The van der Waals surface area contributed by atoms with E-state index < -0.39 is 12.1 Å². The summed E-state index contributed by atoms with van der Waals surface area (Å²) < 4.78 is 17.8. The zero-order chi connectivity index (χ0) is 31.9. The normalized spacial score (nSPS) is 19.4. The Morgan fingerprint density at radius 2 is 1.65 bits per heavy atom. The minimum atomic E-state index is -0.473. The lowest BCUT2D eigenvalue weighted by molar-refractivity contribution is 0.0477. The lowest BCUT2D eigenvalue weighted by atomic mass is 9.91. The van der Waals surface area contributed by atoms with Crippen molar-refractivity contribution >= 4 is 57.1 Å². The van der Waals surface area contributed by atoms with Crippen molar-refractivity contribution in [3.8, 4) is 11.5 Å². The zero-order valence-electron chi connectivity index (χ0n) is 25.3. The Bertz CT molecular complexity index is 1800. The fourth-order valence-electron chi connectivity index (χ4n) is 6.43. The number of methoxy groups -OCH3 is 1. The third kappa shape index (κ3) is 5.45. The third-order valence-corrected chi connectivity index (χ3v) is 10.3. The van der Waals surface area contributed by atoms with Gasteiger partial charge in [0, 0.05) is 28.8 Å². The van der Waals surface area contributed by atoms with Crippen molar-refractivity contribution in [3.63, 3.8) is 0 Å². The highest BCUT2D eigenvalue weighted by atomic mass is 35.5. The standard InChI is InChI=1S/C35H32ClN3O6S/c1-20(24-7-5-6-10-27(24)36)44-30-18-31(46-32(30)35(42)43-2)38-19-37-28-16-15-23(17-29(28)38)45-22-13-11-21(12-14-22)39-33(40)25-8-3-4-9-26(25)34(39)41/h3-10,15-18,20-22,37H,11-14,19H2,1-2H3/t20-,21?,22?/m1/s1. The van der Waals surface area contributed by atoms with Gasteiger partial charge in [-0.1, -0.05) is 41.9 Å². The number of ether oxygens (including phenoxy) is 3. The Labute approximate surface area is 275 Å².